The van der Waals surface area contributed by atoms with E-state index in [0.717, 1.165) is 61.4 Å². The van der Waals surface area contributed by atoms with Crippen LogP contribution in [0.2, 0.25) is 0 Å². The van der Waals surface area contributed by atoms with Crippen molar-refractivity contribution in [2.75, 3.05) is 0 Å². The third-order valence-electron chi connectivity index (χ3n) is 10.6. The van der Waals surface area contributed by atoms with E-state index in [9.17, 15) is 0 Å². The number of fused-ring (bicyclic) bond motifs is 3. The molecule has 284 valence electrons. The molecule has 3 aromatic heterocycles. The third kappa shape index (κ3) is 7.14. The first-order chi connectivity index (χ1) is 26.2. The number of rotatable bonds is 6. The molecule has 0 aliphatic carbocycles. The summed E-state index contributed by atoms with van der Waals surface area (Å²) in [6, 6.07) is 43.6. The molecule has 0 aliphatic heterocycles. The smallest absolute Gasteiger partial charge is 0.509 e. The van der Waals surface area contributed by atoms with Crippen LogP contribution in [0.25, 0.3) is 55.7 Å². The van der Waals surface area contributed by atoms with Gasteiger partial charge < -0.3 is 9.30 Å². The molecule has 5 aromatic carbocycles. The topological polar surface area (TPSA) is 44.9 Å². The summed E-state index contributed by atoms with van der Waals surface area (Å²) >= 11 is 0. The van der Waals surface area contributed by atoms with Crippen LogP contribution in [0.3, 0.4) is 0 Å². The van der Waals surface area contributed by atoms with E-state index in [4.69, 9.17) is 14.8 Å². The van der Waals surface area contributed by atoms with Gasteiger partial charge in [0.15, 0.2) is 0 Å². The molecule has 0 aliphatic rings. The fourth-order valence-electron chi connectivity index (χ4n) is 7.87. The number of nitrogens with zero attached hydrogens (tertiary/aromatic N) is 4. The Hall–Kier alpha value is -5.25. The number of hydrogen-bond acceptors (Lipinski definition) is 3. The maximum Gasteiger partial charge on any atom is 2.00 e. The van der Waals surface area contributed by atoms with Crippen LogP contribution in [0.15, 0.2) is 109 Å². The maximum atomic E-state index is 6.78. The molecule has 0 radical (unpaired) electrons. The van der Waals surface area contributed by atoms with Crippen molar-refractivity contribution < 1.29 is 25.8 Å². The zero-order chi connectivity index (χ0) is 38.8. The van der Waals surface area contributed by atoms with Gasteiger partial charge in [0.05, 0.1) is 11.4 Å². The molecular weight excluding hydrogens is 868 g/mol. The Kier molecular flexibility index (Phi) is 10.2. The van der Waals surface area contributed by atoms with Crippen LogP contribution in [0.4, 0.5) is 0 Å². The van der Waals surface area contributed by atoms with E-state index in [1.54, 1.807) is 0 Å². The molecule has 8 rings (SSSR count). The fourth-order valence-corrected chi connectivity index (χ4v) is 7.87. The summed E-state index contributed by atoms with van der Waals surface area (Å²) in [5, 5.41) is 7.49. The minimum Gasteiger partial charge on any atom is -0.509 e. The molecule has 0 N–H and O–H groups in total. The Morgan fingerprint density at radius 2 is 1.30 bits per heavy atom. The van der Waals surface area contributed by atoms with E-state index in [2.05, 4.69) is 188 Å². The molecule has 0 spiro atoms. The van der Waals surface area contributed by atoms with Crippen LogP contribution in [-0.4, -0.2) is 19.3 Å². The van der Waals surface area contributed by atoms with E-state index in [1.165, 1.54) is 27.8 Å². The summed E-state index contributed by atoms with van der Waals surface area (Å²) in [7, 11) is 0. The average molecular weight is 916 g/mol. The van der Waals surface area contributed by atoms with Gasteiger partial charge in [0.2, 0.25) is 0 Å². The largest absolute Gasteiger partial charge is 2.00 e. The van der Waals surface area contributed by atoms with Gasteiger partial charge >= 0.3 is 21.1 Å². The first-order valence-electron chi connectivity index (χ1n) is 19.1. The number of para-hydroxylation sites is 1. The van der Waals surface area contributed by atoms with Crippen molar-refractivity contribution in [1.29, 1.82) is 0 Å². The van der Waals surface area contributed by atoms with Crippen molar-refractivity contribution in [2.24, 2.45) is 0 Å². The van der Waals surface area contributed by atoms with Gasteiger partial charge in [-0.1, -0.05) is 113 Å². The Balaban J connectivity index is 0.00000480. The van der Waals surface area contributed by atoms with Gasteiger partial charge in [-0.3, -0.25) is 4.68 Å². The fraction of sp³-hybridized carbons (Fsp3) is 0.240. The molecule has 6 heteroatoms. The zero-order valence-corrected chi connectivity index (χ0v) is 36.2. The van der Waals surface area contributed by atoms with Crippen molar-refractivity contribution in [1.82, 2.24) is 19.3 Å². The van der Waals surface area contributed by atoms with Crippen molar-refractivity contribution in [3.8, 4) is 45.4 Å². The summed E-state index contributed by atoms with van der Waals surface area (Å²) in [5.41, 5.74) is 14.1. The van der Waals surface area contributed by atoms with Crippen LogP contribution < -0.4 is 4.74 Å². The van der Waals surface area contributed by atoms with Crippen LogP contribution in [0.1, 0.15) is 75.1 Å². The van der Waals surface area contributed by atoms with Crippen LogP contribution >= 0.6 is 0 Å². The predicted molar refractivity (Wildman–Crippen MR) is 227 cm³/mol. The molecule has 56 heavy (non-hydrogen) atoms. The van der Waals surface area contributed by atoms with Gasteiger partial charge in [-0.2, -0.15) is 11.2 Å². The molecule has 0 unspecified atom stereocenters. The molecule has 3 heterocycles. The second-order valence-corrected chi connectivity index (χ2v) is 16.9. The van der Waals surface area contributed by atoms with E-state index < -0.39 is 0 Å². The number of aryl methyl sites for hydroxylation is 4. The Labute approximate surface area is 345 Å². The minimum absolute atomic E-state index is 0. The van der Waals surface area contributed by atoms with Gasteiger partial charge in [0.25, 0.3) is 0 Å². The van der Waals surface area contributed by atoms with Gasteiger partial charge in [0.1, 0.15) is 5.82 Å². The second kappa shape index (κ2) is 14.7. The van der Waals surface area contributed by atoms with Crippen LogP contribution in [0.5, 0.6) is 11.5 Å². The van der Waals surface area contributed by atoms with Gasteiger partial charge in [-0.25, -0.2) is 4.98 Å². The first-order valence-corrected chi connectivity index (χ1v) is 19.1. The number of hydrogen-bond donors (Lipinski definition) is 0. The van der Waals surface area contributed by atoms with Crippen LogP contribution in [0, 0.1) is 39.8 Å². The number of aromatic nitrogens is 4. The van der Waals surface area contributed by atoms with E-state index in [-0.39, 0.29) is 31.9 Å². The molecule has 0 saturated carbocycles. The first kappa shape index (κ1) is 39.0. The Morgan fingerprint density at radius 1 is 0.625 bits per heavy atom. The number of benzene rings is 5. The summed E-state index contributed by atoms with van der Waals surface area (Å²) in [4.78, 5) is 4.86. The average Bonchev–Trinajstić information content (AvgIpc) is 3.65. The van der Waals surface area contributed by atoms with Crippen LogP contribution in [-0.2, 0) is 31.9 Å². The van der Waals surface area contributed by atoms with E-state index in [1.807, 2.05) is 12.3 Å². The number of pyridine rings is 1. The normalized spacial score (nSPS) is 12.0. The molecule has 8 aromatic rings. The zero-order valence-electron chi connectivity index (χ0n) is 33.9. The monoisotopic (exact) mass is 915 g/mol. The standard InChI is InChI=1S/C50H48N4O.Pt/c1-31-24-32(2)46(33(3)25-31)47-34(4)52-54(48(47)35-16-12-11-13-17-35)38-26-37(50(8,9)10)27-40(29-38)55-39-20-21-42-41-18-14-15-19-43(41)53(44(42)30-39)45-28-36(22-23-51-45)49(5,6)7;/h11-28H,1-10H3;/q-2;+2. The molecule has 0 amide bonds. The molecule has 5 nitrogen and oxygen atoms in total. The maximum absolute atomic E-state index is 6.78. The van der Waals surface area contributed by atoms with Crippen molar-refractivity contribution in [3.63, 3.8) is 0 Å². The SMILES string of the molecule is Cc1cc(C)c(-c2c(C)nn(-c3[c-]c(Oc4[c-]c5c(cc4)c4ccccc4n5-c4cc(C(C)(C)C)ccn4)cc(C(C)(C)C)c3)c2-c2ccccc2)c(C)c1.[Pt+2]. The second-order valence-electron chi connectivity index (χ2n) is 16.9. The molecule has 0 bridgehead atoms. The van der Waals surface area contributed by atoms with E-state index >= 15 is 0 Å². The predicted octanol–water partition coefficient (Wildman–Crippen LogP) is 12.9. The molecule has 0 saturated heterocycles. The third-order valence-corrected chi connectivity index (χ3v) is 10.6. The number of ether oxygens (including phenoxy) is 1. The quantitative estimate of drug-likeness (QED) is 0.156. The van der Waals surface area contributed by atoms with Gasteiger partial charge in [-0.05, 0) is 90.1 Å². The summed E-state index contributed by atoms with van der Waals surface area (Å²) in [6.45, 7) is 22.0. The minimum atomic E-state index is -0.173. The van der Waals surface area contributed by atoms with Gasteiger partial charge in [0, 0.05) is 34.3 Å². The summed E-state index contributed by atoms with van der Waals surface area (Å²) in [6.07, 6.45) is 1.90. The molecular formula is C50H48N4OPt. The summed E-state index contributed by atoms with van der Waals surface area (Å²) in [5.74, 6) is 2.06. The van der Waals surface area contributed by atoms with Gasteiger partial charge in [-0.15, -0.1) is 41.3 Å². The van der Waals surface area contributed by atoms with Crippen molar-refractivity contribution in [3.05, 3.63) is 155 Å². The Bertz CT molecular complexity index is 2720. The molecule has 0 atom stereocenters. The van der Waals surface area contributed by atoms with E-state index in [0.29, 0.717) is 11.5 Å². The van der Waals surface area contributed by atoms with Crippen molar-refractivity contribution >= 4 is 21.8 Å². The summed E-state index contributed by atoms with van der Waals surface area (Å²) < 4.78 is 11.0. The Morgan fingerprint density at radius 3 is 2.00 bits per heavy atom. The molecule has 0 fully saturated rings. The van der Waals surface area contributed by atoms with Crippen molar-refractivity contribution in [2.45, 2.75) is 80.1 Å².